The van der Waals surface area contributed by atoms with Crippen molar-refractivity contribution in [2.24, 2.45) is 29.6 Å². The Bertz CT molecular complexity index is 838. The van der Waals surface area contributed by atoms with E-state index in [0.29, 0.717) is 25.2 Å². The quantitative estimate of drug-likeness (QED) is 0.427. The minimum atomic E-state index is -1.55. The summed E-state index contributed by atoms with van der Waals surface area (Å²) in [4.78, 5) is 41.5. The van der Waals surface area contributed by atoms with E-state index in [-0.39, 0.29) is 29.4 Å². The maximum atomic E-state index is 13.5. The predicted molar refractivity (Wildman–Crippen MR) is 142 cm³/mol. The van der Waals surface area contributed by atoms with Crippen LogP contribution in [0.4, 0.5) is 0 Å². The summed E-state index contributed by atoms with van der Waals surface area (Å²) >= 11 is 0. The molecule has 8 heteroatoms. The maximum Gasteiger partial charge on any atom is 0.316 e. The van der Waals surface area contributed by atoms with Crippen LogP contribution < -0.4 is 0 Å². The van der Waals surface area contributed by atoms with Gasteiger partial charge in [-0.3, -0.25) is 14.4 Å². The second-order valence-corrected chi connectivity index (χ2v) is 12.1. The monoisotopic (exact) mass is 523 g/mol. The van der Waals surface area contributed by atoms with Crippen molar-refractivity contribution in [1.82, 2.24) is 4.90 Å². The first kappa shape index (κ1) is 31.6. The number of aliphatic hydroxyl groups is 2. The lowest BCUT2D eigenvalue weighted by Crippen LogP contribution is -2.54. The Morgan fingerprint density at radius 1 is 1.08 bits per heavy atom. The van der Waals surface area contributed by atoms with E-state index in [0.717, 1.165) is 6.42 Å². The van der Waals surface area contributed by atoms with Crippen LogP contribution in [0, 0.1) is 29.6 Å². The molecule has 2 N–H and O–H groups in total. The number of ether oxygens (including phenoxy) is 2. The molecule has 0 amide bonds. The molecular weight excluding hydrogens is 474 g/mol. The van der Waals surface area contributed by atoms with Crippen LogP contribution in [0.5, 0.6) is 0 Å². The summed E-state index contributed by atoms with van der Waals surface area (Å²) in [6, 6.07) is -0.0631. The summed E-state index contributed by atoms with van der Waals surface area (Å²) in [6.07, 6.45) is 2.36. The Labute approximate surface area is 222 Å². The summed E-state index contributed by atoms with van der Waals surface area (Å²) in [5, 5.41) is 22.0. The van der Waals surface area contributed by atoms with Crippen molar-refractivity contribution in [2.75, 3.05) is 14.1 Å². The number of nitrogens with zero attached hydrogens (tertiary/aromatic N) is 1. The Morgan fingerprint density at radius 2 is 1.70 bits per heavy atom. The summed E-state index contributed by atoms with van der Waals surface area (Å²) in [6.45, 7) is 12.4. The summed E-state index contributed by atoms with van der Waals surface area (Å²) in [5.74, 6) is -3.14. The van der Waals surface area contributed by atoms with Crippen LogP contribution in [0.2, 0.25) is 0 Å². The molecule has 37 heavy (non-hydrogen) atoms. The number of hydrogen-bond acceptors (Lipinski definition) is 8. The van der Waals surface area contributed by atoms with Crippen molar-refractivity contribution < 1.29 is 34.1 Å². The molecule has 2 unspecified atom stereocenters. The number of esters is 1. The highest BCUT2D eigenvalue weighted by molar-refractivity contribution is 6.00. The van der Waals surface area contributed by atoms with Gasteiger partial charge in [0.2, 0.25) is 0 Å². The Morgan fingerprint density at radius 3 is 2.27 bits per heavy atom. The molecule has 0 bridgehead atoms. The van der Waals surface area contributed by atoms with E-state index in [1.807, 2.05) is 32.8 Å². The molecule has 2 aliphatic rings. The van der Waals surface area contributed by atoms with Gasteiger partial charge in [0.05, 0.1) is 18.3 Å². The van der Waals surface area contributed by atoms with E-state index >= 15 is 0 Å². The Kier molecular flexibility index (Phi) is 11.1. The van der Waals surface area contributed by atoms with Gasteiger partial charge in [-0.15, -0.1) is 0 Å². The normalized spacial score (nSPS) is 43.8. The number of carbonyl (C=O) groups is 3. The molecule has 0 aromatic carbocycles. The standard InChI is InChI=1S/C29H49NO7/c1-10-24-29(7,35)12-11-22(31)17(3)15-18(4)27(19(5)25(32)20(6)28(34)37-24)36-23-14-16(2)13-21(26(23)33)30(8)9/h11-12,16-21,23-24,26-27,33,35H,10,13-15H2,1-9H3/b12-11+/t16?,17-,18+,19+,20-,21+,23+,24-,26?,27+,29+/m1/s1. The third-order valence-electron chi connectivity index (χ3n) is 8.41. The van der Waals surface area contributed by atoms with Gasteiger partial charge in [0, 0.05) is 17.9 Å². The van der Waals surface area contributed by atoms with Gasteiger partial charge in [0.25, 0.3) is 0 Å². The first-order valence-electron chi connectivity index (χ1n) is 13.8. The number of allylic oxidation sites excluding steroid dienone is 1. The zero-order valence-electron chi connectivity index (χ0n) is 24.1. The lowest BCUT2D eigenvalue weighted by Gasteiger charge is -2.44. The number of Topliss-reactive ketones (excluding diaryl/α,β-unsaturated/α-hetero) is 1. The smallest absolute Gasteiger partial charge is 0.316 e. The highest BCUT2D eigenvalue weighted by Crippen LogP contribution is 2.35. The average Bonchev–Trinajstić information content (AvgIpc) is 2.83. The van der Waals surface area contributed by atoms with Gasteiger partial charge >= 0.3 is 5.97 Å². The molecule has 11 atom stereocenters. The second kappa shape index (κ2) is 13.0. The number of ketones is 2. The van der Waals surface area contributed by atoms with Gasteiger partial charge in [0.1, 0.15) is 17.6 Å². The summed E-state index contributed by atoms with van der Waals surface area (Å²) in [7, 11) is 3.88. The van der Waals surface area contributed by atoms with Gasteiger partial charge in [-0.05, 0) is 77.6 Å². The zero-order chi connectivity index (χ0) is 28.2. The predicted octanol–water partition coefficient (Wildman–Crippen LogP) is 3.18. The molecular formula is C29H49NO7. The van der Waals surface area contributed by atoms with Gasteiger partial charge in [0.15, 0.2) is 11.6 Å². The number of likely N-dealkylation sites (N-methyl/N-ethyl adjacent to an activating group) is 1. The van der Waals surface area contributed by atoms with E-state index in [1.165, 1.54) is 26.0 Å². The van der Waals surface area contributed by atoms with E-state index in [2.05, 4.69) is 6.92 Å². The SMILES string of the molecule is CC[C@H]1OC(=O)[C@H](C)C(=O)[C@H](C)[C@@H](O[C@H]2CC(C)C[C@H](N(C)C)C2O)[C@@H](C)C[C@@H](C)C(=O)/C=C/[C@]1(C)O. The molecule has 0 spiro atoms. The first-order valence-corrected chi connectivity index (χ1v) is 13.8. The highest BCUT2D eigenvalue weighted by atomic mass is 16.6. The zero-order valence-corrected chi connectivity index (χ0v) is 24.1. The minimum Gasteiger partial charge on any atom is -0.458 e. The molecule has 1 aliphatic heterocycles. The Hall–Kier alpha value is -1.61. The van der Waals surface area contributed by atoms with Gasteiger partial charge < -0.3 is 24.6 Å². The molecule has 1 saturated carbocycles. The van der Waals surface area contributed by atoms with Gasteiger partial charge in [-0.2, -0.15) is 0 Å². The number of hydrogen-bond donors (Lipinski definition) is 2. The largest absolute Gasteiger partial charge is 0.458 e. The molecule has 0 radical (unpaired) electrons. The molecule has 0 aromatic heterocycles. The summed E-state index contributed by atoms with van der Waals surface area (Å²) in [5.41, 5.74) is -1.55. The highest BCUT2D eigenvalue weighted by Gasteiger charge is 2.43. The van der Waals surface area contributed by atoms with Crippen LogP contribution in [0.1, 0.15) is 74.1 Å². The lowest BCUT2D eigenvalue weighted by atomic mass is 9.79. The van der Waals surface area contributed by atoms with Crippen LogP contribution in [0.25, 0.3) is 0 Å². The third kappa shape index (κ3) is 7.71. The van der Waals surface area contributed by atoms with Crippen molar-refractivity contribution in [1.29, 1.82) is 0 Å². The van der Waals surface area contributed by atoms with Crippen LogP contribution in [0.3, 0.4) is 0 Å². The van der Waals surface area contributed by atoms with E-state index in [9.17, 15) is 24.6 Å². The molecule has 1 fully saturated rings. The lowest BCUT2D eigenvalue weighted by molar-refractivity contribution is -0.171. The van der Waals surface area contributed by atoms with Crippen molar-refractivity contribution in [3.63, 3.8) is 0 Å². The molecule has 1 heterocycles. The van der Waals surface area contributed by atoms with Gasteiger partial charge in [-0.1, -0.05) is 34.6 Å². The molecule has 0 saturated heterocycles. The van der Waals surface area contributed by atoms with Crippen LogP contribution in [-0.2, 0) is 23.9 Å². The number of carbonyl (C=O) groups excluding carboxylic acids is 3. The fraction of sp³-hybridized carbons (Fsp3) is 0.828. The van der Waals surface area contributed by atoms with Gasteiger partial charge in [-0.25, -0.2) is 0 Å². The molecule has 0 aromatic rings. The third-order valence-corrected chi connectivity index (χ3v) is 8.41. The van der Waals surface area contributed by atoms with Crippen LogP contribution >= 0.6 is 0 Å². The number of rotatable bonds is 4. The average molecular weight is 524 g/mol. The molecule has 2 rings (SSSR count). The first-order chi connectivity index (χ1) is 17.1. The minimum absolute atomic E-state index is 0.0631. The van der Waals surface area contributed by atoms with E-state index in [4.69, 9.17) is 9.47 Å². The van der Waals surface area contributed by atoms with E-state index < -0.39 is 47.8 Å². The fourth-order valence-corrected chi connectivity index (χ4v) is 5.89. The topological polar surface area (TPSA) is 113 Å². The van der Waals surface area contributed by atoms with Crippen LogP contribution in [-0.4, -0.2) is 82.8 Å². The van der Waals surface area contributed by atoms with Crippen molar-refractivity contribution >= 4 is 17.5 Å². The second-order valence-electron chi connectivity index (χ2n) is 12.1. The van der Waals surface area contributed by atoms with E-state index in [1.54, 1.807) is 13.8 Å². The molecule has 1 aliphatic carbocycles. The van der Waals surface area contributed by atoms with Crippen molar-refractivity contribution in [3.8, 4) is 0 Å². The fourth-order valence-electron chi connectivity index (χ4n) is 5.89. The van der Waals surface area contributed by atoms with Crippen molar-refractivity contribution in [2.45, 2.75) is 110 Å². The Balaban J connectivity index is 2.44. The summed E-state index contributed by atoms with van der Waals surface area (Å²) < 4.78 is 12.2. The molecule has 8 nitrogen and oxygen atoms in total. The maximum absolute atomic E-state index is 13.5. The number of cyclic esters (lactones) is 1. The number of aliphatic hydroxyl groups excluding tert-OH is 1. The molecule has 212 valence electrons. The van der Waals surface area contributed by atoms with Crippen molar-refractivity contribution in [3.05, 3.63) is 12.2 Å². The van der Waals surface area contributed by atoms with Crippen LogP contribution in [0.15, 0.2) is 12.2 Å².